The quantitative estimate of drug-likeness (QED) is 0.342. The van der Waals surface area contributed by atoms with Crippen LogP contribution in [0.25, 0.3) is 27.4 Å². The Balaban J connectivity index is 0.000000327. The largest absolute Gasteiger partial charge is 4.00 e. The van der Waals surface area contributed by atoms with Gasteiger partial charge in [-0.25, -0.2) is 12.1 Å². The molecule has 0 aliphatic heterocycles. The summed E-state index contributed by atoms with van der Waals surface area (Å²) in [6, 6.07) is 32.2. The van der Waals surface area contributed by atoms with Crippen molar-refractivity contribution in [3.8, 4) is 5.69 Å². The molecule has 0 unspecified atom stereocenters. The summed E-state index contributed by atoms with van der Waals surface area (Å²) in [5, 5.41) is 3.87. The molecule has 152 valence electrons. The number of unbranched alkanes of at least 4 members (excludes halogenated alkanes) is 1. The second-order valence-electron chi connectivity index (χ2n) is 6.98. The predicted octanol–water partition coefficient (Wildman–Crippen LogP) is 1.26. The molecule has 0 radical (unpaired) electrons. The van der Waals surface area contributed by atoms with Gasteiger partial charge in [0.1, 0.15) is 0 Å². The van der Waals surface area contributed by atoms with E-state index in [0.29, 0.717) is 0 Å². The van der Waals surface area contributed by atoms with Gasteiger partial charge in [0.05, 0.1) is 5.52 Å². The van der Waals surface area contributed by atoms with Crippen LogP contribution in [-0.4, -0.2) is 4.57 Å². The molecule has 0 spiro atoms. The normalized spacial score (nSPS) is 9.77. The second kappa shape index (κ2) is 12.4. The van der Waals surface area contributed by atoms with E-state index in [2.05, 4.69) is 109 Å². The summed E-state index contributed by atoms with van der Waals surface area (Å²) in [5.41, 5.74) is 3.97. The molecule has 1 nitrogen and oxygen atoms in total. The molecule has 0 amide bonds. The minimum absolute atomic E-state index is 0. The molecule has 0 fully saturated rings. The molecule has 0 aliphatic rings. The number of halogens is 2. The summed E-state index contributed by atoms with van der Waals surface area (Å²) >= 11 is 0. The van der Waals surface area contributed by atoms with Crippen LogP contribution in [0.5, 0.6) is 0 Å². The first-order chi connectivity index (χ1) is 13.3. The molecule has 0 atom stereocenters. The van der Waals surface area contributed by atoms with Gasteiger partial charge in [-0.3, -0.25) is 0 Å². The Bertz CT molecular complexity index is 1090. The van der Waals surface area contributed by atoms with E-state index in [-0.39, 0.29) is 35.6 Å². The van der Waals surface area contributed by atoms with Crippen LogP contribution in [0.2, 0.25) is 0 Å². The van der Waals surface area contributed by atoms with E-state index in [9.17, 15) is 0 Å². The third kappa shape index (κ3) is 5.86. The number of benzene rings is 2. The van der Waals surface area contributed by atoms with Crippen LogP contribution in [0.3, 0.4) is 0 Å². The number of nitrogens with zero attached hydrogens (tertiary/aromatic N) is 1. The van der Waals surface area contributed by atoms with Crippen molar-refractivity contribution in [3.63, 3.8) is 0 Å². The third-order valence-corrected chi connectivity index (χ3v) is 5.03. The topological polar surface area (TPSA) is 4.93 Å². The summed E-state index contributed by atoms with van der Waals surface area (Å²) in [5.74, 6) is 0. The number of fused-ring (bicyclic) bond motifs is 2. The van der Waals surface area contributed by atoms with Crippen LogP contribution in [0.4, 0.5) is 0 Å². The van der Waals surface area contributed by atoms with Crippen LogP contribution in [0.15, 0.2) is 97.2 Å². The zero-order chi connectivity index (χ0) is 18.5. The molecule has 0 saturated heterocycles. The molecule has 0 aliphatic carbocycles. The first kappa shape index (κ1) is 25.7. The van der Waals surface area contributed by atoms with E-state index < -0.39 is 0 Å². The Morgan fingerprint density at radius 2 is 1.50 bits per heavy atom. The standard InChI is InChI=1S/C17H12N.C9H13.2FH.Zr/c1-2-7-15-12-16(11-14(15)6-1)18-10-9-13-5-3-4-8-17(13)18;1-2-3-6-9-7-4-5-8-9;;;/h1-12H;4-5,7-8H,2-3,6H2,1H3;2*1H;/q2*-1;;;+4/p-2. The third-order valence-electron chi connectivity index (χ3n) is 5.03. The fourth-order valence-corrected chi connectivity index (χ4v) is 3.54. The smallest absolute Gasteiger partial charge is 1.00 e. The van der Waals surface area contributed by atoms with Crippen molar-refractivity contribution in [3.05, 3.63) is 103 Å². The first-order valence-corrected chi connectivity index (χ1v) is 9.77. The number of para-hydroxylation sites is 1. The molecule has 0 N–H and O–H groups in total. The Hall–Kier alpha value is -2.32. The van der Waals surface area contributed by atoms with E-state index in [1.807, 2.05) is 0 Å². The minimum atomic E-state index is 0. The van der Waals surface area contributed by atoms with Crippen molar-refractivity contribution in [1.29, 1.82) is 0 Å². The van der Waals surface area contributed by atoms with Crippen molar-refractivity contribution in [2.45, 2.75) is 26.2 Å². The van der Waals surface area contributed by atoms with Gasteiger partial charge in [0.25, 0.3) is 0 Å². The number of hydrogen-bond acceptors (Lipinski definition) is 0. The molecule has 4 heteroatoms. The molecule has 30 heavy (non-hydrogen) atoms. The molecule has 5 aromatic rings. The zero-order valence-corrected chi connectivity index (χ0v) is 19.5. The maximum absolute atomic E-state index is 2.25. The molecule has 0 saturated carbocycles. The maximum atomic E-state index is 2.25. The molecule has 1 aromatic heterocycles. The molecule has 5 rings (SSSR count). The molecule has 0 bridgehead atoms. The fraction of sp³-hybridized carbons (Fsp3) is 0.154. The summed E-state index contributed by atoms with van der Waals surface area (Å²) in [4.78, 5) is 0. The number of hydrogen-bond donors (Lipinski definition) is 0. The van der Waals surface area contributed by atoms with Gasteiger partial charge < -0.3 is 14.0 Å². The Labute approximate surface area is 195 Å². The van der Waals surface area contributed by atoms with E-state index in [1.165, 1.54) is 52.2 Å². The Morgan fingerprint density at radius 3 is 2.20 bits per heavy atom. The summed E-state index contributed by atoms with van der Waals surface area (Å²) in [6.45, 7) is 2.23. The number of rotatable bonds is 4. The minimum Gasteiger partial charge on any atom is -1.00 e. The van der Waals surface area contributed by atoms with E-state index in [4.69, 9.17) is 0 Å². The van der Waals surface area contributed by atoms with Gasteiger partial charge in [-0.05, 0) is 23.2 Å². The number of aromatic nitrogens is 1. The van der Waals surface area contributed by atoms with Crippen LogP contribution in [0.1, 0.15) is 25.3 Å². The molecule has 4 aromatic carbocycles. The van der Waals surface area contributed by atoms with Crippen LogP contribution in [-0.2, 0) is 32.6 Å². The van der Waals surface area contributed by atoms with Crippen LogP contribution < -0.4 is 9.41 Å². The van der Waals surface area contributed by atoms with Gasteiger partial charge >= 0.3 is 26.2 Å². The number of aryl methyl sites for hydroxylation is 1. The summed E-state index contributed by atoms with van der Waals surface area (Å²) in [6.07, 6.45) is 6.01. The van der Waals surface area contributed by atoms with E-state index >= 15 is 0 Å². The second-order valence-corrected chi connectivity index (χ2v) is 6.98. The van der Waals surface area contributed by atoms with Gasteiger partial charge in [0.15, 0.2) is 0 Å². The van der Waals surface area contributed by atoms with Gasteiger partial charge in [0.2, 0.25) is 0 Å². The van der Waals surface area contributed by atoms with Crippen molar-refractivity contribution >= 4 is 21.7 Å². The van der Waals surface area contributed by atoms with E-state index in [0.717, 1.165) is 0 Å². The molecular formula is C26H25F2NZr. The fourth-order valence-electron chi connectivity index (χ4n) is 3.54. The molecular weight excluding hydrogens is 456 g/mol. The summed E-state index contributed by atoms with van der Waals surface area (Å²) in [7, 11) is 0. The van der Waals surface area contributed by atoms with Crippen LogP contribution >= 0.6 is 0 Å². The van der Waals surface area contributed by atoms with Crippen molar-refractivity contribution in [1.82, 2.24) is 4.57 Å². The van der Waals surface area contributed by atoms with E-state index in [1.54, 1.807) is 0 Å². The van der Waals surface area contributed by atoms with Crippen molar-refractivity contribution in [2.24, 2.45) is 0 Å². The Morgan fingerprint density at radius 1 is 0.833 bits per heavy atom. The summed E-state index contributed by atoms with van der Waals surface area (Å²) < 4.78 is 2.25. The monoisotopic (exact) mass is 479 g/mol. The molecule has 1 heterocycles. The van der Waals surface area contributed by atoms with Crippen molar-refractivity contribution in [2.75, 3.05) is 0 Å². The van der Waals surface area contributed by atoms with Gasteiger partial charge in [-0.15, -0.1) is 41.1 Å². The average molecular weight is 481 g/mol. The Kier molecular flexibility index (Phi) is 10.6. The SMILES string of the molecule is CCCC[c-]1cccc1.[F-].[F-].[Zr+4].c1ccc2[cH-]c(-n3ccc4ccccc43)cc2c1. The zero-order valence-electron chi connectivity index (χ0n) is 17.1. The van der Waals surface area contributed by atoms with Crippen LogP contribution in [0, 0.1) is 0 Å². The van der Waals surface area contributed by atoms with Crippen molar-refractivity contribution < 1.29 is 35.6 Å². The predicted molar refractivity (Wildman–Crippen MR) is 117 cm³/mol. The average Bonchev–Trinajstić information content (AvgIpc) is 3.45. The van der Waals surface area contributed by atoms with Gasteiger partial charge in [0, 0.05) is 6.20 Å². The maximum Gasteiger partial charge on any atom is 4.00 e. The van der Waals surface area contributed by atoms with Gasteiger partial charge in [-0.2, -0.15) is 17.7 Å². The van der Waals surface area contributed by atoms with Gasteiger partial charge in [-0.1, -0.05) is 50.5 Å². The first-order valence-electron chi connectivity index (χ1n) is 9.77.